The normalized spacial score (nSPS) is 19.8. The van der Waals surface area contributed by atoms with E-state index in [-0.39, 0.29) is 23.8 Å². The Morgan fingerprint density at radius 1 is 1.08 bits per heavy atom. The van der Waals surface area contributed by atoms with Gasteiger partial charge in [0.2, 0.25) is 0 Å². The minimum absolute atomic E-state index is 0.0292. The van der Waals surface area contributed by atoms with E-state index in [4.69, 9.17) is 15.9 Å². The van der Waals surface area contributed by atoms with E-state index >= 15 is 0 Å². The number of hydrogen-bond acceptors (Lipinski definition) is 3. The molecular weight excluding hydrogens is 324 g/mol. The molecule has 0 saturated carbocycles. The predicted octanol–water partition coefficient (Wildman–Crippen LogP) is 4.17. The number of carbonyl (C=O) groups excluding carboxylic acids is 1. The van der Waals surface area contributed by atoms with Crippen molar-refractivity contribution in [2.24, 2.45) is 5.73 Å². The van der Waals surface area contributed by atoms with Crippen molar-refractivity contribution in [2.45, 2.75) is 50.5 Å². The summed E-state index contributed by atoms with van der Waals surface area (Å²) < 4.78 is 5.56. The van der Waals surface area contributed by atoms with Gasteiger partial charge in [-0.05, 0) is 49.1 Å². The predicted molar refractivity (Wildman–Crippen MR) is 103 cm³/mol. The molecule has 3 rings (SSSR count). The number of carbonyl (C=O) groups is 1. The first-order valence-corrected chi connectivity index (χ1v) is 9.29. The Morgan fingerprint density at radius 2 is 1.81 bits per heavy atom. The molecule has 2 atom stereocenters. The number of aryl methyl sites for hydroxylation is 1. The third-order valence-electron chi connectivity index (χ3n) is 5.04. The maximum Gasteiger partial charge on any atom is 0.306 e. The molecule has 1 saturated heterocycles. The van der Waals surface area contributed by atoms with Gasteiger partial charge in [-0.2, -0.15) is 0 Å². The highest BCUT2D eigenvalue weighted by Crippen LogP contribution is 2.32. The van der Waals surface area contributed by atoms with E-state index in [1.807, 2.05) is 42.5 Å². The second kappa shape index (κ2) is 8.65. The molecule has 0 spiro atoms. The summed E-state index contributed by atoms with van der Waals surface area (Å²) in [5, 5.41) is 7.42. The lowest BCUT2D eigenvalue weighted by atomic mass is 9.87. The average molecular weight is 350 g/mol. The van der Waals surface area contributed by atoms with Crippen molar-refractivity contribution in [3.63, 3.8) is 0 Å². The number of rotatable bonds is 7. The van der Waals surface area contributed by atoms with Gasteiger partial charge >= 0.3 is 5.97 Å². The van der Waals surface area contributed by atoms with Crippen LogP contribution in [0.25, 0.3) is 0 Å². The lowest BCUT2D eigenvalue weighted by Crippen LogP contribution is -2.28. The zero-order chi connectivity index (χ0) is 18.4. The van der Waals surface area contributed by atoms with Gasteiger partial charge in [0.15, 0.2) is 0 Å². The molecule has 0 amide bonds. The first-order chi connectivity index (χ1) is 12.6. The molecule has 0 bridgehead atoms. The van der Waals surface area contributed by atoms with Gasteiger partial charge in [0.05, 0.1) is 6.42 Å². The summed E-state index contributed by atoms with van der Waals surface area (Å²) in [4.78, 5) is 11.9. The van der Waals surface area contributed by atoms with E-state index in [9.17, 15) is 4.79 Å². The molecule has 0 aromatic heterocycles. The first-order valence-electron chi connectivity index (χ1n) is 9.29. The third kappa shape index (κ3) is 4.94. The Labute approximate surface area is 154 Å². The molecule has 1 heterocycles. The van der Waals surface area contributed by atoms with Crippen molar-refractivity contribution in [1.82, 2.24) is 0 Å². The molecule has 1 aliphatic heterocycles. The summed E-state index contributed by atoms with van der Waals surface area (Å²) in [6.45, 7) is 0. The summed E-state index contributed by atoms with van der Waals surface area (Å²) in [5.41, 5.74) is 8.72. The van der Waals surface area contributed by atoms with E-state index in [1.165, 1.54) is 11.1 Å². The van der Waals surface area contributed by atoms with E-state index < -0.39 is 0 Å². The zero-order valence-corrected chi connectivity index (χ0v) is 15.0. The third-order valence-corrected chi connectivity index (χ3v) is 5.04. The molecule has 1 aliphatic rings. The van der Waals surface area contributed by atoms with Crippen LogP contribution in [0.15, 0.2) is 54.6 Å². The number of cyclic esters (lactones) is 1. The fourth-order valence-corrected chi connectivity index (χ4v) is 3.59. The van der Waals surface area contributed by atoms with E-state index in [2.05, 4.69) is 12.1 Å². The van der Waals surface area contributed by atoms with Crippen LogP contribution in [0.5, 0.6) is 0 Å². The van der Waals surface area contributed by atoms with Crippen LogP contribution in [-0.4, -0.2) is 17.9 Å². The first kappa shape index (κ1) is 18.2. The topological polar surface area (TPSA) is 76.2 Å². The van der Waals surface area contributed by atoms with E-state index in [0.29, 0.717) is 6.42 Å². The maximum atomic E-state index is 11.9. The van der Waals surface area contributed by atoms with Gasteiger partial charge in [-0.3, -0.25) is 10.2 Å². The summed E-state index contributed by atoms with van der Waals surface area (Å²) >= 11 is 0. The van der Waals surface area contributed by atoms with Crippen LogP contribution < -0.4 is 5.73 Å². The smallest absolute Gasteiger partial charge is 0.306 e. The van der Waals surface area contributed by atoms with Crippen molar-refractivity contribution >= 4 is 11.8 Å². The number of benzene rings is 2. The van der Waals surface area contributed by atoms with Crippen LogP contribution in [0.4, 0.5) is 0 Å². The SMILES string of the molecule is N=C(N)c1ccc(CCCC[C@H]2C[C@@H](c3ccccc3)CC(=O)O2)cc1. The van der Waals surface area contributed by atoms with Gasteiger partial charge in [-0.1, -0.05) is 54.6 Å². The Hall–Kier alpha value is -2.62. The molecule has 0 aliphatic carbocycles. The fraction of sp³-hybridized carbons (Fsp3) is 0.364. The molecule has 2 aromatic carbocycles. The van der Waals surface area contributed by atoms with Crippen LogP contribution in [0.3, 0.4) is 0 Å². The van der Waals surface area contributed by atoms with Gasteiger partial charge < -0.3 is 10.5 Å². The number of nitrogens with one attached hydrogen (secondary N) is 1. The number of unbranched alkanes of at least 4 members (excludes halogenated alkanes) is 1. The Balaban J connectivity index is 1.45. The average Bonchev–Trinajstić information content (AvgIpc) is 2.66. The number of esters is 1. The van der Waals surface area contributed by atoms with Crippen LogP contribution in [0, 0.1) is 5.41 Å². The number of hydrogen-bond donors (Lipinski definition) is 2. The molecule has 0 unspecified atom stereocenters. The zero-order valence-electron chi connectivity index (χ0n) is 15.0. The lowest BCUT2D eigenvalue weighted by Gasteiger charge is -2.29. The number of amidine groups is 1. The molecule has 3 N–H and O–H groups in total. The summed E-state index contributed by atoms with van der Waals surface area (Å²) in [6, 6.07) is 18.1. The van der Waals surface area contributed by atoms with Crippen LogP contribution >= 0.6 is 0 Å². The van der Waals surface area contributed by atoms with E-state index in [1.54, 1.807) is 0 Å². The van der Waals surface area contributed by atoms with Gasteiger partial charge in [0.1, 0.15) is 11.9 Å². The van der Waals surface area contributed by atoms with Crippen molar-refractivity contribution < 1.29 is 9.53 Å². The van der Waals surface area contributed by atoms with Crippen molar-refractivity contribution in [1.29, 1.82) is 5.41 Å². The minimum Gasteiger partial charge on any atom is -0.462 e. The highest BCUT2D eigenvalue weighted by Gasteiger charge is 2.29. The number of nitrogens with two attached hydrogens (primary N) is 1. The molecular formula is C22H26N2O2. The van der Waals surface area contributed by atoms with Gasteiger partial charge in [-0.15, -0.1) is 0 Å². The molecule has 2 aromatic rings. The number of nitrogen functional groups attached to an aromatic ring is 1. The van der Waals surface area contributed by atoms with Gasteiger partial charge in [-0.25, -0.2) is 0 Å². The Bertz CT molecular complexity index is 740. The van der Waals surface area contributed by atoms with Crippen molar-refractivity contribution in [3.05, 3.63) is 71.3 Å². The van der Waals surface area contributed by atoms with Crippen molar-refractivity contribution in [2.75, 3.05) is 0 Å². The Kier molecular flexibility index (Phi) is 6.05. The van der Waals surface area contributed by atoms with Gasteiger partial charge in [0, 0.05) is 5.56 Å². The molecule has 136 valence electrons. The van der Waals surface area contributed by atoms with E-state index in [0.717, 1.165) is 37.7 Å². The molecule has 0 radical (unpaired) electrons. The highest BCUT2D eigenvalue weighted by atomic mass is 16.5. The molecule has 26 heavy (non-hydrogen) atoms. The fourth-order valence-electron chi connectivity index (χ4n) is 3.59. The molecule has 4 nitrogen and oxygen atoms in total. The standard InChI is InChI=1S/C22H26N2O2/c23-22(24)18-12-10-16(11-13-18)6-4-5-9-20-14-19(15-21(25)26-20)17-7-2-1-3-8-17/h1-3,7-8,10-13,19-20H,4-6,9,14-15H2,(H3,23,24)/t19-,20+/m1/s1. The van der Waals surface area contributed by atoms with Crippen LogP contribution in [0.2, 0.25) is 0 Å². The molecule has 4 heteroatoms. The van der Waals surface area contributed by atoms with Crippen molar-refractivity contribution in [3.8, 4) is 0 Å². The second-order valence-electron chi connectivity index (χ2n) is 7.02. The minimum atomic E-state index is -0.0741. The van der Waals surface area contributed by atoms with Crippen LogP contribution in [0.1, 0.15) is 54.7 Å². The quantitative estimate of drug-likeness (QED) is 0.340. The summed E-state index contributed by atoms with van der Waals surface area (Å²) in [5.74, 6) is 0.306. The van der Waals surface area contributed by atoms with Gasteiger partial charge in [0.25, 0.3) is 0 Å². The lowest BCUT2D eigenvalue weighted by molar-refractivity contribution is -0.155. The number of ether oxygens (including phenoxy) is 1. The Morgan fingerprint density at radius 3 is 2.50 bits per heavy atom. The maximum absolute atomic E-state index is 11.9. The largest absolute Gasteiger partial charge is 0.462 e. The summed E-state index contributed by atoms with van der Waals surface area (Å²) in [6.07, 6.45) is 5.44. The molecule has 1 fully saturated rings. The van der Waals surface area contributed by atoms with Crippen LogP contribution in [-0.2, 0) is 16.0 Å². The monoisotopic (exact) mass is 350 g/mol. The second-order valence-corrected chi connectivity index (χ2v) is 7.02. The highest BCUT2D eigenvalue weighted by molar-refractivity contribution is 5.94. The summed E-state index contributed by atoms with van der Waals surface area (Å²) in [7, 11) is 0.